The zero-order valence-electron chi connectivity index (χ0n) is 16.2. The molecule has 0 aliphatic rings. The molecule has 1 amide bonds. The molecule has 0 saturated carbocycles. The number of nitrogens with one attached hydrogen (secondary N) is 1. The number of hydrogen-bond donors (Lipinski definition) is 1. The molecule has 0 aromatic carbocycles. The molecule has 0 unspecified atom stereocenters. The minimum atomic E-state index is -0.784. The maximum atomic E-state index is 12.8. The average Bonchev–Trinajstić information content (AvgIpc) is 3.18. The van der Waals surface area contributed by atoms with Gasteiger partial charge >= 0.3 is 11.1 Å². The van der Waals surface area contributed by atoms with Crippen LogP contribution in [-0.2, 0) is 24.4 Å². The van der Waals surface area contributed by atoms with Crippen LogP contribution >= 0.6 is 0 Å². The van der Waals surface area contributed by atoms with Crippen LogP contribution in [0.1, 0.15) is 17.1 Å². The first kappa shape index (κ1) is 19.3. The highest BCUT2D eigenvalue weighted by molar-refractivity contribution is 5.78. The highest BCUT2D eigenvalue weighted by Gasteiger charge is 2.16. The van der Waals surface area contributed by atoms with Gasteiger partial charge in [0, 0.05) is 18.6 Å². The molecule has 0 radical (unpaired) electrons. The van der Waals surface area contributed by atoms with Crippen LogP contribution in [0.25, 0.3) is 11.2 Å². The Morgan fingerprint density at radius 1 is 1.03 bits per heavy atom. The summed E-state index contributed by atoms with van der Waals surface area (Å²) in [5, 5.41) is 2.70. The molecular weight excluding hydrogens is 386 g/mol. The van der Waals surface area contributed by atoms with Crippen LogP contribution in [0.5, 0.6) is 0 Å². The van der Waals surface area contributed by atoms with Crippen molar-refractivity contribution in [1.82, 2.24) is 24.4 Å². The van der Waals surface area contributed by atoms with E-state index in [2.05, 4.69) is 15.3 Å². The van der Waals surface area contributed by atoms with Crippen LogP contribution in [0.3, 0.4) is 0 Å². The summed E-state index contributed by atoms with van der Waals surface area (Å²) in [6.07, 6.45) is 4.77. The molecule has 4 rings (SSSR count). The van der Waals surface area contributed by atoms with E-state index in [1.807, 2.05) is 6.92 Å². The van der Waals surface area contributed by atoms with Crippen LogP contribution in [0, 0.1) is 6.92 Å². The first-order valence-corrected chi connectivity index (χ1v) is 9.32. The number of fused-ring (bicyclic) bond motifs is 1. The third kappa shape index (κ3) is 3.90. The van der Waals surface area contributed by atoms with E-state index >= 15 is 0 Å². The van der Waals surface area contributed by atoms with E-state index < -0.39 is 17.0 Å². The van der Waals surface area contributed by atoms with Gasteiger partial charge in [-0.2, -0.15) is 0 Å². The predicted molar refractivity (Wildman–Crippen MR) is 109 cm³/mol. The molecule has 0 atom stereocenters. The Bertz CT molecular complexity index is 1320. The molecule has 4 aromatic rings. The standard InChI is InChI=1S/C21H19N5O4/c1-14-4-5-16(30-14)11-24-18(27)13-25-17-3-2-8-23-19(17)26(21(29)20(25)28)12-15-6-9-22-10-7-15/h2-10H,11-13H2,1H3,(H,24,27). The molecule has 9 heteroatoms. The summed E-state index contributed by atoms with van der Waals surface area (Å²) in [5.74, 6) is 0.931. The van der Waals surface area contributed by atoms with Gasteiger partial charge in [0.15, 0.2) is 5.65 Å². The van der Waals surface area contributed by atoms with Crippen molar-refractivity contribution < 1.29 is 9.21 Å². The third-order valence-corrected chi connectivity index (χ3v) is 4.63. The second kappa shape index (κ2) is 8.16. The smallest absolute Gasteiger partial charge is 0.318 e. The molecule has 0 aliphatic heterocycles. The fourth-order valence-electron chi connectivity index (χ4n) is 3.18. The monoisotopic (exact) mass is 405 g/mol. The van der Waals surface area contributed by atoms with Gasteiger partial charge in [0.2, 0.25) is 5.91 Å². The second-order valence-corrected chi connectivity index (χ2v) is 6.77. The fraction of sp³-hybridized carbons (Fsp3) is 0.190. The Kier molecular flexibility index (Phi) is 5.25. The van der Waals surface area contributed by atoms with Gasteiger partial charge in [-0.1, -0.05) is 0 Å². The van der Waals surface area contributed by atoms with Gasteiger partial charge in [-0.25, -0.2) is 4.98 Å². The first-order chi connectivity index (χ1) is 14.5. The van der Waals surface area contributed by atoms with Gasteiger partial charge in [0.25, 0.3) is 0 Å². The molecule has 152 valence electrons. The summed E-state index contributed by atoms with van der Waals surface area (Å²) in [6, 6.07) is 10.4. The summed E-state index contributed by atoms with van der Waals surface area (Å²) in [6.45, 7) is 1.88. The Hall–Kier alpha value is -4.01. The maximum Gasteiger partial charge on any atom is 0.318 e. The van der Waals surface area contributed by atoms with Gasteiger partial charge in [0.1, 0.15) is 18.1 Å². The summed E-state index contributed by atoms with van der Waals surface area (Å²) in [5.41, 5.74) is 0.0113. The summed E-state index contributed by atoms with van der Waals surface area (Å²) < 4.78 is 7.88. The Morgan fingerprint density at radius 2 is 1.80 bits per heavy atom. The van der Waals surface area contributed by atoms with E-state index in [0.29, 0.717) is 16.9 Å². The van der Waals surface area contributed by atoms with E-state index in [-0.39, 0.29) is 19.6 Å². The molecule has 0 fully saturated rings. The number of rotatable bonds is 6. The van der Waals surface area contributed by atoms with Crippen molar-refractivity contribution in [2.75, 3.05) is 0 Å². The lowest BCUT2D eigenvalue weighted by Gasteiger charge is -2.14. The Labute approximate surface area is 170 Å². The van der Waals surface area contributed by atoms with Crippen molar-refractivity contribution in [3.8, 4) is 0 Å². The van der Waals surface area contributed by atoms with Crippen molar-refractivity contribution in [1.29, 1.82) is 0 Å². The zero-order chi connectivity index (χ0) is 21.1. The van der Waals surface area contributed by atoms with Crippen molar-refractivity contribution in [3.63, 3.8) is 0 Å². The molecule has 30 heavy (non-hydrogen) atoms. The minimum absolute atomic E-state index is 0.176. The normalized spacial score (nSPS) is 11.0. The van der Waals surface area contributed by atoms with Crippen LogP contribution < -0.4 is 16.4 Å². The molecule has 0 bridgehead atoms. The predicted octanol–water partition coefficient (Wildman–Crippen LogP) is 1.22. The number of aryl methyl sites for hydroxylation is 1. The molecule has 4 heterocycles. The largest absolute Gasteiger partial charge is 0.465 e. The van der Waals surface area contributed by atoms with Gasteiger partial charge in [-0.3, -0.25) is 28.5 Å². The maximum absolute atomic E-state index is 12.8. The van der Waals surface area contributed by atoms with E-state index in [1.54, 1.807) is 55.0 Å². The molecule has 1 N–H and O–H groups in total. The van der Waals surface area contributed by atoms with Crippen molar-refractivity contribution in [2.24, 2.45) is 0 Å². The number of amides is 1. The molecular formula is C21H19N5O4. The number of furan rings is 1. The first-order valence-electron chi connectivity index (χ1n) is 9.32. The summed E-state index contributed by atoms with van der Waals surface area (Å²) in [4.78, 5) is 46.3. The summed E-state index contributed by atoms with van der Waals surface area (Å²) in [7, 11) is 0. The molecule has 4 aromatic heterocycles. The average molecular weight is 405 g/mol. The van der Waals surface area contributed by atoms with E-state index in [9.17, 15) is 14.4 Å². The molecule has 0 saturated heterocycles. The quantitative estimate of drug-likeness (QED) is 0.483. The lowest BCUT2D eigenvalue weighted by molar-refractivity contribution is -0.121. The van der Waals surface area contributed by atoms with E-state index in [0.717, 1.165) is 15.9 Å². The molecule has 0 aliphatic carbocycles. The Morgan fingerprint density at radius 3 is 2.53 bits per heavy atom. The highest BCUT2D eigenvalue weighted by atomic mass is 16.3. The number of nitrogens with zero attached hydrogens (tertiary/aromatic N) is 4. The van der Waals surface area contributed by atoms with Crippen molar-refractivity contribution >= 4 is 17.1 Å². The lowest BCUT2D eigenvalue weighted by Crippen LogP contribution is -2.44. The Balaban J connectivity index is 1.66. The number of hydrogen-bond acceptors (Lipinski definition) is 6. The summed E-state index contributed by atoms with van der Waals surface area (Å²) >= 11 is 0. The van der Waals surface area contributed by atoms with Gasteiger partial charge in [-0.05, 0) is 48.9 Å². The number of carbonyl (C=O) groups is 1. The number of carbonyl (C=O) groups excluding carboxylic acids is 1. The fourth-order valence-corrected chi connectivity index (χ4v) is 3.18. The van der Waals surface area contributed by atoms with Crippen LogP contribution in [-0.4, -0.2) is 25.0 Å². The van der Waals surface area contributed by atoms with Gasteiger partial charge in [0.05, 0.1) is 18.6 Å². The second-order valence-electron chi connectivity index (χ2n) is 6.77. The molecule has 0 spiro atoms. The minimum Gasteiger partial charge on any atom is -0.465 e. The van der Waals surface area contributed by atoms with Crippen LogP contribution in [0.15, 0.2) is 69.0 Å². The zero-order valence-corrected chi connectivity index (χ0v) is 16.2. The highest BCUT2D eigenvalue weighted by Crippen LogP contribution is 2.10. The number of aromatic nitrogens is 4. The van der Waals surface area contributed by atoms with Crippen molar-refractivity contribution in [3.05, 3.63) is 92.8 Å². The third-order valence-electron chi connectivity index (χ3n) is 4.63. The lowest BCUT2D eigenvalue weighted by atomic mass is 10.2. The van der Waals surface area contributed by atoms with E-state index in [1.165, 1.54) is 4.57 Å². The van der Waals surface area contributed by atoms with Crippen LogP contribution in [0.4, 0.5) is 0 Å². The van der Waals surface area contributed by atoms with Gasteiger partial charge in [-0.15, -0.1) is 0 Å². The molecule has 9 nitrogen and oxygen atoms in total. The topological polar surface area (TPSA) is 112 Å². The van der Waals surface area contributed by atoms with Gasteiger partial charge < -0.3 is 9.73 Å². The SMILES string of the molecule is Cc1ccc(CNC(=O)Cn2c(=O)c(=O)n(Cc3ccncc3)c3ncccc32)o1. The van der Waals surface area contributed by atoms with Crippen molar-refractivity contribution in [2.45, 2.75) is 26.6 Å². The number of pyridine rings is 2. The van der Waals surface area contributed by atoms with Crippen LogP contribution in [0.2, 0.25) is 0 Å². The van der Waals surface area contributed by atoms with E-state index in [4.69, 9.17) is 4.42 Å².